The van der Waals surface area contributed by atoms with Crippen molar-refractivity contribution in [1.29, 1.82) is 0 Å². The number of carboxylic acids is 1. The number of rotatable bonds is 3. The van der Waals surface area contributed by atoms with Crippen LogP contribution >= 0.6 is 0 Å². The second kappa shape index (κ2) is 4.77. The quantitative estimate of drug-likeness (QED) is 0.804. The molecule has 1 N–H and O–H groups in total. The largest absolute Gasteiger partial charge is 0.478 e. The zero-order valence-electron chi connectivity index (χ0n) is 12.2. The lowest BCUT2D eigenvalue weighted by Gasteiger charge is -2.16. The molecule has 0 aliphatic heterocycles. The molecular formula is C16H17N3O2. The number of hydrogen-bond donors (Lipinski definition) is 1. The van der Waals surface area contributed by atoms with Crippen molar-refractivity contribution in [3.63, 3.8) is 0 Å². The molecule has 0 bridgehead atoms. The molecule has 5 heteroatoms. The van der Waals surface area contributed by atoms with E-state index in [0.717, 1.165) is 22.2 Å². The number of aromatic carboxylic acids is 1. The highest BCUT2D eigenvalue weighted by Crippen LogP contribution is 2.31. The molecule has 1 atom stereocenters. The van der Waals surface area contributed by atoms with Crippen molar-refractivity contribution in [2.24, 2.45) is 7.05 Å². The lowest BCUT2D eigenvalue weighted by molar-refractivity contribution is 0.0698. The van der Waals surface area contributed by atoms with E-state index >= 15 is 0 Å². The number of hydrogen-bond acceptors (Lipinski definition) is 2. The standard InChI is InChI=1S/C16H17N3O2/c1-10(12-8-17-18(3)9-12)19-11(2)15(16(20)21)13-6-4-5-7-14(13)19/h4-10H,1-3H3,(H,20,21). The van der Waals surface area contributed by atoms with Crippen LogP contribution in [0.25, 0.3) is 10.9 Å². The van der Waals surface area contributed by atoms with E-state index in [1.54, 1.807) is 4.68 Å². The van der Waals surface area contributed by atoms with E-state index in [2.05, 4.69) is 16.6 Å². The van der Waals surface area contributed by atoms with Gasteiger partial charge in [0.2, 0.25) is 0 Å². The molecule has 21 heavy (non-hydrogen) atoms. The predicted molar refractivity (Wildman–Crippen MR) is 80.7 cm³/mol. The zero-order chi connectivity index (χ0) is 15.1. The maximum absolute atomic E-state index is 11.6. The van der Waals surface area contributed by atoms with Crippen LogP contribution < -0.4 is 0 Å². The number of nitrogens with zero attached hydrogens (tertiary/aromatic N) is 3. The molecule has 0 saturated heterocycles. The molecule has 0 aliphatic carbocycles. The summed E-state index contributed by atoms with van der Waals surface area (Å²) >= 11 is 0. The van der Waals surface area contributed by atoms with Gasteiger partial charge in [-0.2, -0.15) is 5.10 Å². The van der Waals surface area contributed by atoms with Gasteiger partial charge in [-0.15, -0.1) is 0 Å². The molecule has 2 aromatic heterocycles. The van der Waals surface area contributed by atoms with Crippen LogP contribution in [-0.2, 0) is 7.05 Å². The van der Waals surface area contributed by atoms with Crippen LogP contribution in [0.4, 0.5) is 0 Å². The van der Waals surface area contributed by atoms with Gasteiger partial charge in [-0.05, 0) is 19.9 Å². The number of aryl methyl sites for hydroxylation is 1. The molecule has 0 saturated carbocycles. The molecule has 0 spiro atoms. The summed E-state index contributed by atoms with van der Waals surface area (Å²) in [6.07, 6.45) is 3.78. The Hall–Kier alpha value is -2.56. The number of carbonyl (C=O) groups is 1. The lowest BCUT2D eigenvalue weighted by Crippen LogP contribution is -2.09. The molecule has 3 rings (SSSR count). The first-order valence-corrected chi connectivity index (χ1v) is 6.82. The number of benzene rings is 1. The summed E-state index contributed by atoms with van der Waals surface area (Å²) in [5.74, 6) is -0.888. The molecule has 2 heterocycles. The van der Waals surface area contributed by atoms with Gasteiger partial charge in [-0.1, -0.05) is 18.2 Å². The Kier molecular flexibility index (Phi) is 3.05. The average Bonchev–Trinajstić information content (AvgIpc) is 2.98. The van der Waals surface area contributed by atoms with Gasteiger partial charge in [0.05, 0.1) is 17.8 Å². The molecular weight excluding hydrogens is 266 g/mol. The number of carboxylic acid groups (broad SMARTS) is 1. The smallest absolute Gasteiger partial charge is 0.338 e. The summed E-state index contributed by atoms with van der Waals surface area (Å²) in [6, 6.07) is 7.64. The second-order valence-corrected chi connectivity index (χ2v) is 5.28. The summed E-state index contributed by atoms with van der Waals surface area (Å²) in [6.45, 7) is 3.92. The van der Waals surface area contributed by atoms with Gasteiger partial charge < -0.3 is 9.67 Å². The van der Waals surface area contributed by atoms with Gasteiger partial charge in [0, 0.05) is 35.4 Å². The SMILES string of the molecule is Cc1c(C(=O)O)c2ccccc2n1C(C)c1cnn(C)c1. The Morgan fingerprint density at radius 2 is 2.05 bits per heavy atom. The third kappa shape index (κ3) is 2.01. The Morgan fingerprint density at radius 3 is 2.67 bits per heavy atom. The first kappa shape index (κ1) is 13.4. The van der Waals surface area contributed by atoms with Gasteiger partial charge in [-0.25, -0.2) is 4.79 Å². The Morgan fingerprint density at radius 1 is 1.33 bits per heavy atom. The summed E-state index contributed by atoms with van der Waals surface area (Å²) in [5, 5.41) is 14.5. The van der Waals surface area contributed by atoms with E-state index in [4.69, 9.17) is 0 Å². The van der Waals surface area contributed by atoms with Crippen molar-refractivity contribution in [2.75, 3.05) is 0 Å². The maximum atomic E-state index is 11.6. The van der Waals surface area contributed by atoms with Crippen LogP contribution in [0, 0.1) is 6.92 Å². The van der Waals surface area contributed by atoms with Gasteiger partial charge >= 0.3 is 5.97 Å². The molecule has 0 radical (unpaired) electrons. The number of para-hydroxylation sites is 1. The minimum absolute atomic E-state index is 0.0247. The van der Waals surface area contributed by atoms with E-state index in [1.165, 1.54) is 0 Å². The molecule has 5 nitrogen and oxygen atoms in total. The van der Waals surface area contributed by atoms with Crippen molar-refractivity contribution in [3.8, 4) is 0 Å². The number of fused-ring (bicyclic) bond motifs is 1. The molecule has 1 aromatic carbocycles. The average molecular weight is 283 g/mol. The molecule has 0 fully saturated rings. The highest BCUT2D eigenvalue weighted by Gasteiger charge is 2.22. The van der Waals surface area contributed by atoms with Crippen LogP contribution in [0.3, 0.4) is 0 Å². The lowest BCUT2D eigenvalue weighted by atomic mass is 10.1. The fourth-order valence-corrected chi connectivity index (χ4v) is 2.97. The Bertz CT molecular complexity index is 829. The van der Waals surface area contributed by atoms with Crippen LogP contribution in [0.5, 0.6) is 0 Å². The highest BCUT2D eigenvalue weighted by atomic mass is 16.4. The van der Waals surface area contributed by atoms with Crippen molar-refractivity contribution in [2.45, 2.75) is 19.9 Å². The van der Waals surface area contributed by atoms with E-state index in [0.29, 0.717) is 5.56 Å². The molecule has 0 aliphatic rings. The Labute approximate surface area is 122 Å². The summed E-state index contributed by atoms with van der Waals surface area (Å²) in [4.78, 5) is 11.6. The second-order valence-electron chi connectivity index (χ2n) is 5.28. The summed E-state index contributed by atoms with van der Waals surface area (Å²) in [5.41, 5.74) is 3.13. The van der Waals surface area contributed by atoms with E-state index in [9.17, 15) is 9.90 Å². The summed E-state index contributed by atoms with van der Waals surface area (Å²) < 4.78 is 3.82. The van der Waals surface area contributed by atoms with Crippen molar-refractivity contribution >= 4 is 16.9 Å². The predicted octanol–water partition coefficient (Wildman–Crippen LogP) is 2.99. The first-order valence-electron chi connectivity index (χ1n) is 6.82. The first-order chi connectivity index (χ1) is 10.0. The molecule has 108 valence electrons. The highest BCUT2D eigenvalue weighted by molar-refractivity contribution is 6.05. The third-order valence-corrected chi connectivity index (χ3v) is 3.96. The normalized spacial score (nSPS) is 12.7. The van der Waals surface area contributed by atoms with Gasteiger partial charge in [0.25, 0.3) is 0 Å². The fraction of sp³-hybridized carbons (Fsp3) is 0.250. The topological polar surface area (TPSA) is 60.0 Å². The third-order valence-electron chi connectivity index (χ3n) is 3.96. The van der Waals surface area contributed by atoms with E-state index in [-0.39, 0.29) is 6.04 Å². The zero-order valence-corrected chi connectivity index (χ0v) is 12.2. The van der Waals surface area contributed by atoms with Crippen LogP contribution in [-0.4, -0.2) is 25.4 Å². The molecule has 3 aromatic rings. The van der Waals surface area contributed by atoms with Gasteiger partial charge in [-0.3, -0.25) is 4.68 Å². The van der Waals surface area contributed by atoms with Crippen LogP contribution in [0.1, 0.15) is 34.6 Å². The molecule has 1 unspecified atom stereocenters. The fourth-order valence-electron chi connectivity index (χ4n) is 2.97. The minimum Gasteiger partial charge on any atom is -0.478 e. The van der Waals surface area contributed by atoms with E-state index < -0.39 is 5.97 Å². The van der Waals surface area contributed by atoms with Gasteiger partial charge in [0.1, 0.15) is 0 Å². The van der Waals surface area contributed by atoms with Crippen molar-refractivity contribution in [3.05, 3.63) is 53.5 Å². The monoisotopic (exact) mass is 283 g/mol. The van der Waals surface area contributed by atoms with Gasteiger partial charge in [0.15, 0.2) is 0 Å². The molecule has 0 amide bonds. The van der Waals surface area contributed by atoms with E-state index in [1.807, 2.05) is 50.6 Å². The Balaban J connectivity index is 2.27. The maximum Gasteiger partial charge on any atom is 0.338 e. The van der Waals surface area contributed by atoms with Crippen molar-refractivity contribution < 1.29 is 9.90 Å². The minimum atomic E-state index is -0.888. The number of aromatic nitrogens is 3. The van der Waals surface area contributed by atoms with Crippen LogP contribution in [0.15, 0.2) is 36.7 Å². The van der Waals surface area contributed by atoms with Crippen LogP contribution in [0.2, 0.25) is 0 Å². The van der Waals surface area contributed by atoms with Crippen molar-refractivity contribution in [1.82, 2.24) is 14.3 Å². The summed E-state index contributed by atoms with van der Waals surface area (Å²) in [7, 11) is 1.87.